The van der Waals surface area contributed by atoms with Gasteiger partial charge in [-0.3, -0.25) is 0 Å². The lowest BCUT2D eigenvalue weighted by Gasteiger charge is -2.15. The second kappa shape index (κ2) is 13.9. The summed E-state index contributed by atoms with van der Waals surface area (Å²) in [5.74, 6) is 2.31. The number of aliphatic imine (C=N–C) groups is 1. The normalized spacial score (nSPS) is 10.8. The average molecular weight is 531 g/mol. The molecule has 166 valence electrons. The molecule has 0 amide bonds. The Bertz CT molecular complexity index is 776. The van der Waals surface area contributed by atoms with Crippen LogP contribution in [0.15, 0.2) is 41.4 Å². The Morgan fingerprint density at radius 3 is 2.13 bits per heavy atom. The summed E-state index contributed by atoms with van der Waals surface area (Å²) in [6.07, 6.45) is 0.773. The van der Waals surface area contributed by atoms with Crippen LogP contribution in [-0.2, 0) is 13.0 Å². The topological polar surface area (TPSA) is 64.1 Å². The number of nitrogens with one attached hydrogen (secondary N) is 2. The lowest BCUT2D eigenvalue weighted by Crippen LogP contribution is -2.38. The molecule has 0 atom stereocenters. The van der Waals surface area contributed by atoms with Crippen molar-refractivity contribution in [2.75, 3.05) is 33.9 Å². The largest absolute Gasteiger partial charge is 0.493 e. The van der Waals surface area contributed by atoms with Gasteiger partial charge in [0.05, 0.1) is 27.4 Å². The van der Waals surface area contributed by atoms with Crippen molar-refractivity contribution in [3.8, 4) is 17.2 Å². The molecule has 6 nitrogen and oxygen atoms in total. The Morgan fingerprint density at radius 1 is 0.967 bits per heavy atom. The second-order valence-electron chi connectivity index (χ2n) is 6.26. The maximum absolute atomic E-state index is 13.0. The Morgan fingerprint density at radius 2 is 1.60 bits per heavy atom. The van der Waals surface area contributed by atoms with Crippen molar-refractivity contribution >= 4 is 29.9 Å². The molecule has 0 aromatic heterocycles. The molecule has 0 aliphatic carbocycles. The number of benzene rings is 2. The molecule has 0 saturated heterocycles. The second-order valence-corrected chi connectivity index (χ2v) is 6.26. The molecule has 30 heavy (non-hydrogen) atoms. The van der Waals surface area contributed by atoms with Gasteiger partial charge in [0.15, 0.2) is 17.5 Å². The van der Waals surface area contributed by atoms with E-state index in [0.717, 1.165) is 24.1 Å². The third kappa shape index (κ3) is 7.89. The summed E-state index contributed by atoms with van der Waals surface area (Å²) in [4.78, 5) is 4.64. The lowest BCUT2D eigenvalue weighted by atomic mass is 10.1. The van der Waals surface area contributed by atoms with E-state index in [0.29, 0.717) is 42.9 Å². The number of rotatable bonds is 10. The van der Waals surface area contributed by atoms with Crippen molar-refractivity contribution in [3.63, 3.8) is 0 Å². The van der Waals surface area contributed by atoms with Gasteiger partial charge < -0.3 is 24.8 Å². The predicted molar refractivity (Wildman–Crippen MR) is 129 cm³/mol. The highest BCUT2D eigenvalue weighted by Gasteiger charge is 2.13. The predicted octanol–water partition coefficient (Wildman–Crippen LogP) is 4.16. The summed E-state index contributed by atoms with van der Waals surface area (Å²) < 4.78 is 29.5. The summed E-state index contributed by atoms with van der Waals surface area (Å²) in [7, 11) is 3.21. The smallest absolute Gasteiger partial charge is 0.203 e. The van der Waals surface area contributed by atoms with Crippen LogP contribution in [0, 0.1) is 5.82 Å². The van der Waals surface area contributed by atoms with Crippen LogP contribution in [0.3, 0.4) is 0 Å². The van der Waals surface area contributed by atoms with Gasteiger partial charge >= 0.3 is 0 Å². The highest BCUT2D eigenvalue weighted by molar-refractivity contribution is 14.0. The van der Waals surface area contributed by atoms with Crippen LogP contribution in [0.5, 0.6) is 17.2 Å². The summed E-state index contributed by atoms with van der Waals surface area (Å²) in [6, 6.07) is 10.3. The molecule has 2 N–H and O–H groups in total. The Kier molecular flexibility index (Phi) is 12.0. The van der Waals surface area contributed by atoms with E-state index in [1.165, 1.54) is 12.1 Å². The Balaban J connectivity index is 0.00000450. The number of hydrogen-bond acceptors (Lipinski definition) is 4. The minimum absolute atomic E-state index is 0. The molecule has 0 saturated carbocycles. The number of guanidine groups is 1. The van der Waals surface area contributed by atoms with Gasteiger partial charge in [-0.15, -0.1) is 24.0 Å². The quantitative estimate of drug-likeness (QED) is 0.274. The van der Waals surface area contributed by atoms with Gasteiger partial charge in [0.2, 0.25) is 5.75 Å². The molecule has 0 aliphatic rings. The van der Waals surface area contributed by atoms with Crippen LogP contribution >= 0.6 is 24.0 Å². The van der Waals surface area contributed by atoms with Gasteiger partial charge in [-0.25, -0.2) is 9.38 Å². The van der Waals surface area contributed by atoms with Crippen molar-refractivity contribution in [2.45, 2.75) is 26.8 Å². The summed E-state index contributed by atoms with van der Waals surface area (Å²) in [6.45, 7) is 6.33. The van der Waals surface area contributed by atoms with E-state index in [2.05, 4.69) is 15.6 Å². The van der Waals surface area contributed by atoms with Crippen molar-refractivity contribution < 1.29 is 18.6 Å². The van der Waals surface area contributed by atoms with Gasteiger partial charge in [0.25, 0.3) is 0 Å². The maximum atomic E-state index is 13.0. The van der Waals surface area contributed by atoms with E-state index < -0.39 is 0 Å². The van der Waals surface area contributed by atoms with E-state index in [9.17, 15) is 4.39 Å². The van der Waals surface area contributed by atoms with Crippen LogP contribution in [0.1, 0.15) is 25.0 Å². The SMILES string of the molecule is CCNC(=NCc1cc(OC)c(OCC)c(OC)c1)NCCc1ccc(F)cc1.I. The van der Waals surface area contributed by atoms with Gasteiger partial charge in [-0.05, 0) is 55.7 Å². The maximum Gasteiger partial charge on any atom is 0.203 e. The third-order valence-corrected chi connectivity index (χ3v) is 4.19. The summed E-state index contributed by atoms with van der Waals surface area (Å²) in [5.41, 5.74) is 2.01. The zero-order valence-corrected chi connectivity index (χ0v) is 20.3. The molecular weight excluding hydrogens is 500 g/mol. The van der Waals surface area contributed by atoms with Crippen molar-refractivity contribution in [1.29, 1.82) is 0 Å². The number of ether oxygens (including phenoxy) is 3. The van der Waals surface area contributed by atoms with Crippen LogP contribution in [-0.4, -0.2) is 39.9 Å². The van der Waals surface area contributed by atoms with E-state index in [4.69, 9.17) is 14.2 Å². The Hall–Kier alpha value is -2.23. The summed E-state index contributed by atoms with van der Waals surface area (Å²) >= 11 is 0. The van der Waals surface area contributed by atoms with Crippen molar-refractivity contribution in [3.05, 3.63) is 53.3 Å². The van der Waals surface area contributed by atoms with Crippen LogP contribution in [0.2, 0.25) is 0 Å². The molecule has 8 heteroatoms. The Labute approximate surface area is 195 Å². The van der Waals surface area contributed by atoms with Gasteiger partial charge in [-0.1, -0.05) is 12.1 Å². The third-order valence-electron chi connectivity index (χ3n) is 4.19. The lowest BCUT2D eigenvalue weighted by molar-refractivity contribution is 0.288. The van der Waals surface area contributed by atoms with E-state index >= 15 is 0 Å². The summed E-state index contributed by atoms with van der Waals surface area (Å²) in [5, 5.41) is 6.53. The zero-order valence-electron chi connectivity index (χ0n) is 18.0. The average Bonchev–Trinajstić information content (AvgIpc) is 2.74. The number of nitrogens with zero attached hydrogens (tertiary/aromatic N) is 1. The molecule has 0 bridgehead atoms. The molecule has 0 spiro atoms. The fourth-order valence-electron chi connectivity index (χ4n) is 2.80. The molecule has 0 radical (unpaired) electrons. The molecule has 0 unspecified atom stereocenters. The highest BCUT2D eigenvalue weighted by atomic mass is 127. The first-order valence-electron chi connectivity index (χ1n) is 9.75. The molecule has 2 aromatic rings. The van der Waals surface area contributed by atoms with Gasteiger partial charge in [-0.2, -0.15) is 0 Å². The highest BCUT2D eigenvalue weighted by Crippen LogP contribution is 2.38. The van der Waals surface area contributed by atoms with Crippen molar-refractivity contribution in [2.24, 2.45) is 4.99 Å². The van der Waals surface area contributed by atoms with E-state index in [1.807, 2.05) is 26.0 Å². The standard InChI is InChI=1S/C22H30FN3O3.HI/c1-5-24-22(25-12-11-16-7-9-18(23)10-8-16)26-15-17-13-19(27-3)21(29-6-2)20(14-17)28-4;/h7-10,13-14H,5-6,11-12,15H2,1-4H3,(H2,24,25,26);1H. The van der Waals surface area contributed by atoms with Gasteiger partial charge in [0, 0.05) is 13.1 Å². The minimum Gasteiger partial charge on any atom is -0.493 e. The molecule has 2 rings (SSSR count). The monoisotopic (exact) mass is 531 g/mol. The van der Waals surface area contributed by atoms with Crippen LogP contribution in [0.25, 0.3) is 0 Å². The molecule has 0 aliphatic heterocycles. The van der Waals surface area contributed by atoms with Gasteiger partial charge in [0.1, 0.15) is 5.82 Å². The molecule has 2 aromatic carbocycles. The number of methoxy groups -OCH3 is 2. The fourth-order valence-corrected chi connectivity index (χ4v) is 2.80. The first-order chi connectivity index (χ1) is 14.1. The number of halogens is 2. The molecular formula is C22H31FIN3O3. The zero-order chi connectivity index (χ0) is 21.1. The van der Waals surface area contributed by atoms with Crippen molar-refractivity contribution in [1.82, 2.24) is 10.6 Å². The fraction of sp³-hybridized carbons (Fsp3) is 0.409. The molecule has 0 heterocycles. The molecule has 0 fully saturated rings. The van der Waals surface area contributed by atoms with Crippen LogP contribution < -0.4 is 24.8 Å². The van der Waals surface area contributed by atoms with Crippen LogP contribution in [0.4, 0.5) is 4.39 Å². The number of hydrogen-bond donors (Lipinski definition) is 2. The first kappa shape index (κ1) is 25.8. The minimum atomic E-state index is -0.224. The van der Waals surface area contributed by atoms with E-state index in [1.54, 1.807) is 26.4 Å². The van der Waals surface area contributed by atoms with E-state index in [-0.39, 0.29) is 29.8 Å². The first-order valence-corrected chi connectivity index (χ1v) is 9.75.